The normalized spacial score (nSPS) is 15.0. The maximum atomic E-state index is 12.2. The van der Waals surface area contributed by atoms with Gasteiger partial charge in [0.1, 0.15) is 11.4 Å². The van der Waals surface area contributed by atoms with E-state index in [1.54, 1.807) is 6.92 Å². The first kappa shape index (κ1) is 17.2. The van der Waals surface area contributed by atoms with Gasteiger partial charge in [-0.2, -0.15) is 0 Å². The lowest BCUT2D eigenvalue weighted by Gasteiger charge is -2.24. The van der Waals surface area contributed by atoms with Crippen LogP contribution in [-0.4, -0.2) is 22.7 Å². The van der Waals surface area contributed by atoms with Gasteiger partial charge in [-0.05, 0) is 32.3 Å². The van der Waals surface area contributed by atoms with Gasteiger partial charge in [-0.1, -0.05) is 42.4 Å². The number of aromatic nitrogens is 1. The summed E-state index contributed by atoms with van der Waals surface area (Å²) >= 11 is 0. The second kappa shape index (κ2) is 6.96. The number of nitrogens with one attached hydrogen (secondary N) is 1. The minimum absolute atomic E-state index is 0.0166. The van der Waals surface area contributed by atoms with Gasteiger partial charge < -0.3 is 14.9 Å². The molecule has 2 rings (SSSR count). The molecule has 1 aromatic heterocycles. The maximum absolute atomic E-state index is 12.2. The summed E-state index contributed by atoms with van der Waals surface area (Å²) in [7, 11) is 0. The van der Waals surface area contributed by atoms with E-state index in [1.807, 2.05) is 51.1 Å². The third kappa shape index (κ3) is 4.20. The molecule has 2 aromatic rings. The van der Waals surface area contributed by atoms with E-state index in [4.69, 9.17) is 4.52 Å². The van der Waals surface area contributed by atoms with Crippen LogP contribution < -0.4 is 5.32 Å². The van der Waals surface area contributed by atoms with Crippen LogP contribution in [0.4, 0.5) is 0 Å². The van der Waals surface area contributed by atoms with Crippen molar-refractivity contribution in [2.24, 2.45) is 0 Å². The second-order valence-corrected chi connectivity index (χ2v) is 6.26. The van der Waals surface area contributed by atoms with E-state index < -0.39 is 5.60 Å². The number of rotatable bonds is 6. The quantitative estimate of drug-likeness (QED) is 0.859. The van der Waals surface area contributed by atoms with Gasteiger partial charge in [0.05, 0.1) is 12.2 Å². The lowest BCUT2D eigenvalue weighted by molar-refractivity contribution is -0.122. The molecular weight excluding hydrogens is 292 g/mol. The summed E-state index contributed by atoms with van der Waals surface area (Å²) < 4.78 is 5.15. The number of amides is 1. The van der Waals surface area contributed by atoms with Crippen LogP contribution >= 0.6 is 0 Å². The zero-order valence-electron chi connectivity index (χ0n) is 14.1. The third-order valence-electron chi connectivity index (χ3n) is 4.10. The third-order valence-corrected chi connectivity index (χ3v) is 4.10. The van der Waals surface area contributed by atoms with Crippen molar-refractivity contribution in [1.29, 1.82) is 0 Å². The zero-order valence-corrected chi connectivity index (χ0v) is 14.1. The Balaban J connectivity index is 1.93. The molecule has 0 radical (unpaired) electrons. The summed E-state index contributed by atoms with van der Waals surface area (Å²) in [6.07, 6.45) is 0.327. The van der Waals surface area contributed by atoms with E-state index >= 15 is 0 Å². The molecule has 0 bridgehead atoms. The van der Waals surface area contributed by atoms with Gasteiger partial charge in [0.2, 0.25) is 5.91 Å². The number of nitrogens with zero attached hydrogens (tertiary/aromatic N) is 1. The average Bonchev–Trinajstić information content (AvgIpc) is 2.85. The van der Waals surface area contributed by atoms with E-state index in [9.17, 15) is 9.90 Å². The van der Waals surface area contributed by atoms with Crippen molar-refractivity contribution in [3.63, 3.8) is 0 Å². The maximum Gasteiger partial charge on any atom is 0.220 e. The van der Waals surface area contributed by atoms with E-state index in [2.05, 4.69) is 10.5 Å². The molecule has 5 heteroatoms. The Hall–Kier alpha value is -2.14. The molecule has 2 atom stereocenters. The first-order valence-corrected chi connectivity index (χ1v) is 7.78. The molecule has 5 nitrogen and oxygen atoms in total. The lowest BCUT2D eigenvalue weighted by Crippen LogP contribution is -2.38. The molecule has 0 fully saturated rings. The van der Waals surface area contributed by atoms with Gasteiger partial charge >= 0.3 is 0 Å². The fourth-order valence-electron chi connectivity index (χ4n) is 2.82. The fourth-order valence-corrected chi connectivity index (χ4v) is 2.82. The van der Waals surface area contributed by atoms with Crippen LogP contribution in [0.3, 0.4) is 0 Å². The molecule has 1 amide bonds. The lowest BCUT2D eigenvalue weighted by atomic mass is 9.94. The van der Waals surface area contributed by atoms with Gasteiger partial charge in [-0.25, -0.2) is 0 Å². The van der Waals surface area contributed by atoms with Gasteiger partial charge in [0.15, 0.2) is 0 Å². The summed E-state index contributed by atoms with van der Waals surface area (Å²) in [6.45, 7) is 7.57. The van der Waals surface area contributed by atoms with Crippen molar-refractivity contribution in [3.8, 4) is 0 Å². The van der Waals surface area contributed by atoms with Crippen molar-refractivity contribution in [2.75, 3.05) is 6.54 Å². The molecule has 0 aliphatic carbocycles. The Morgan fingerprint density at radius 2 is 2.00 bits per heavy atom. The molecule has 0 spiro atoms. The minimum atomic E-state index is -1.09. The van der Waals surface area contributed by atoms with Crippen LogP contribution in [-0.2, 0) is 10.4 Å². The van der Waals surface area contributed by atoms with Gasteiger partial charge in [-0.3, -0.25) is 4.79 Å². The SMILES string of the molecule is Cc1noc(C)c1C(C)CC(=O)NCC(C)(O)c1ccccc1. The molecule has 0 aliphatic heterocycles. The molecule has 2 N–H and O–H groups in total. The first-order chi connectivity index (χ1) is 10.8. The highest BCUT2D eigenvalue weighted by Gasteiger charge is 2.25. The first-order valence-electron chi connectivity index (χ1n) is 7.78. The van der Waals surface area contributed by atoms with Gasteiger partial charge in [0.25, 0.3) is 0 Å². The monoisotopic (exact) mass is 316 g/mol. The number of aryl methyl sites for hydroxylation is 2. The molecule has 0 saturated carbocycles. The molecule has 23 heavy (non-hydrogen) atoms. The number of carbonyl (C=O) groups excluding carboxylic acids is 1. The van der Waals surface area contributed by atoms with Crippen molar-refractivity contribution in [2.45, 2.75) is 45.6 Å². The van der Waals surface area contributed by atoms with E-state index in [0.717, 1.165) is 22.6 Å². The number of benzene rings is 1. The molecule has 0 aliphatic rings. The molecule has 124 valence electrons. The molecule has 1 aromatic carbocycles. The Bertz CT molecular complexity index is 643. The summed E-state index contributed by atoms with van der Waals surface area (Å²) in [5, 5.41) is 17.2. The Morgan fingerprint density at radius 1 is 1.35 bits per heavy atom. The van der Waals surface area contributed by atoms with Crippen LogP contribution in [0.2, 0.25) is 0 Å². The largest absolute Gasteiger partial charge is 0.384 e. The topological polar surface area (TPSA) is 75.4 Å². The number of hydrogen-bond acceptors (Lipinski definition) is 4. The molecule has 2 unspecified atom stereocenters. The van der Waals surface area contributed by atoms with Crippen molar-refractivity contribution < 1.29 is 14.4 Å². The van der Waals surface area contributed by atoms with Crippen molar-refractivity contribution in [1.82, 2.24) is 10.5 Å². The zero-order chi connectivity index (χ0) is 17.0. The molecule has 1 heterocycles. The van der Waals surface area contributed by atoms with Crippen LogP contribution in [0.15, 0.2) is 34.9 Å². The highest BCUT2D eigenvalue weighted by atomic mass is 16.5. The predicted octanol–water partition coefficient (Wildman–Crippen LogP) is 2.81. The summed E-state index contributed by atoms with van der Waals surface area (Å²) in [5.74, 6) is 0.663. The highest BCUT2D eigenvalue weighted by molar-refractivity contribution is 5.77. The van der Waals surface area contributed by atoms with E-state index in [-0.39, 0.29) is 18.4 Å². The number of hydrogen-bond donors (Lipinski definition) is 2. The predicted molar refractivity (Wildman–Crippen MR) is 88.0 cm³/mol. The Kier molecular flexibility index (Phi) is 5.21. The second-order valence-electron chi connectivity index (χ2n) is 6.26. The summed E-state index contributed by atoms with van der Waals surface area (Å²) in [4.78, 5) is 12.2. The van der Waals surface area contributed by atoms with Crippen LogP contribution in [0.5, 0.6) is 0 Å². The number of aliphatic hydroxyl groups is 1. The summed E-state index contributed by atoms with van der Waals surface area (Å²) in [6, 6.07) is 9.32. The fraction of sp³-hybridized carbons (Fsp3) is 0.444. The van der Waals surface area contributed by atoms with Crippen LogP contribution in [0.25, 0.3) is 0 Å². The van der Waals surface area contributed by atoms with E-state index in [1.165, 1.54) is 0 Å². The molecular formula is C18H24N2O3. The van der Waals surface area contributed by atoms with E-state index in [0.29, 0.717) is 6.42 Å². The summed E-state index contributed by atoms with van der Waals surface area (Å²) in [5.41, 5.74) is 1.48. The standard InChI is InChI=1S/C18H24N2O3/c1-12(17-13(2)20-23-14(17)3)10-16(21)19-11-18(4,22)15-8-6-5-7-9-15/h5-9,12,22H,10-11H2,1-4H3,(H,19,21). The number of carbonyl (C=O) groups is 1. The van der Waals surface area contributed by atoms with Crippen LogP contribution in [0, 0.1) is 13.8 Å². The average molecular weight is 316 g/mol. The van der Waals surface area contributed by atoms with Gasteiger partial charge in [-0.15, -0.1) is 0 Å². The van der Waals surface area contributed by atoms with Crippen molar-refractivity contribution >= 4 is 5.91 Å². The van der Waals surface area contributed by atoms with Crippen molar-refractivity contribution in [3.05, 3.63) is 52.9 Å². The Labute approximate surface area is 136 Å². The van der Waals surface area contributed by atoms with Gasteiger partial charge in [0, 0.05) is 12.0 Å². The highest BCUT2D eigenvalue weighted by Crippen LogP contribution is 2.26. The van der Waals surface area contributed by atoms with Crippen LogP contribution in [0.1, 0.15) is 48.8 Å². The molecule has 0 saturated heterocycles. The Morgan fingerprint density at radius 3 is 2.57 bits per heavy atom. The minimum Gasteiger partial charge on any atom is -0.384 e. The smallest absolute Gasteiger partial charge is 0.220 e.